The Morgan fingerprint density at radius 3 is 2.28 bits per heavy atom. The summed E-state index contributed by atoms with van der Waals surface area (Å²) in [5, 5.41) is 0. The number of nitrogens with zero attached hydrogens (tertiary/aromatic N) is 3. The molecular formula is C23H31N3O5S. The molecule has 3 rings (SSSR count). The fraction of sp³-hybridized carbons (Fsp3) is 0.435. The molecule has 1 aliphatic rings. The van der Waals surface area contributed by atoms with Crippen molar-refractivity contribution < 1.29 is 22.7 Å². The van der Waals surface area contributed by atoms with Crippen molar-refractivity contribution in [3.63, 3.8) is 0 Å². The molecular weight excluding hydrogens is 430 g/mol. The second-order valence-corrected chi connectivity index (χ2v) is 9.73. The van der Waals surface area contributed by atoms with Crippen molar-refractivity contribution >= 4 is 21.6 Å². The molecule has 0 N–H and O–H groups in total. The van der Waals surface area contributed by atoms with E-state index in [1.165, 1.54) is 13.1 Å². The molecule has 0 atom stereocenters. The van der Waals surface area contributed by atoms with Crippen LogP contribution in [0.15, 0.2) is 47.4 Å². The molecule has 1 heterocycles. The van der Waals surface area contributed by atoms with Gasteiger partial charge in [0.25, 0.3) is 0 Å². The number of sulfonamides is 1. The molecule has 1 saturated heterocycles. The molecule has 0 spiro atoms. The molecule has 1 aliphatic heterocycles. The van der Waals surface area contributed by atoms with Gasteiger partial charge in [0.15, 0.2) is 0 Å². The van der Waals surface area contributed by atoms with Crippen molar-refractivity contribution in [2.45, 2.75) is 18.7 Å². The lowest BCUT2D eigenvalue weighted by Crippen LogP contribution is -2.51. The number of rotatable bonds is 8. The van der Waals surface area contributed by atoms with Crippen LogP contribution in [0.2, 0.25) is 0 Å². The average Bonchev–Trinajstić information content (AvgIpc) is 2.80. The number of aryl methyl sites for hydroxylation is 1. The Morgan fingerprint density at radius 2 is 1.72 bits per heavy atom. The lowest BCUT2D eigenvalue weighted by molar-refractivity contribution is -0.131. The maximum atomic E-state index is 13.0. The Kier molecular flexibility index (Phi) is 7.63. The zero-order valence-corrected chi connectivity index (χ0v) is 19.9. The summed E-state index contributed by atoms with van der Waals surface area (Å²) in [6.07, 6.45) is 0. The van der Waals surface area contributed by atoms with Crippen LogP contribution in [0.3, 0.4) is 0 Å². The second-order valence-electron chi connectivity index (χ2n) is 7.69. The van der Waals surface area contributed by atoms with Gasteiger partial charge >= 0.3 is 0 Å². The van der Waals surface area contributed by atoms with E-state index in [0.29, 0.717) is 38.5 Å². The molecule has 0 aromatic heterocycles. The third-order valence-corrected chi connectivity index (χ3v) is 7.38. The summed E-state index contributed by atoms with van der Waals surface area (Å²) in [5.74, 6) is 1.25. The normalized spacial score (nSPS) is 14.5. The molecule has 2 aromatic rings. The van der Waals surface area contributed by atoms with Gasteiger partial charge < -0.3 is 19.3 Å². The molecule has 0 unspecified atom stereocenters. The van der Waals surface area contributed by atoms with Crippen LogP contribution in [-0.4, -0.2) is 77.0 Å². The van der Waals surface area contributed by atoms with Gasteiger partial charge in [-0.15, -0.1) is 0 Å². The van der Waals surface area contributed by atoms with Crippen LogP contribution in [0, 0.1) is 6.92 Å². The van der Waals surface area contributed by atoms with E-state index in [1.54, 1.807) is 31.1 Å². The standard InChI is InChI=1S/C23H31N3O5S/c1-5-31-22-11-10-21(16-18(22)2)32(28,29)24(3)17-23(27)26-14-12-25(13-15-26)19-6-8-20(30-4)9-7-19/h6-11,16H,5,12-15,17H2,1-4H3. The average molecular weight is 462 g/mol. The Balaban J connectivity index is 1.58. The zero-order valence-electron chi connectivity index (χ0n) is 19.1. The van der Waals surface area contributed by atoms with Gasteiger partial charge in [-0.05, 0) is 61.9 Å². The molecule has 32 heavy (non-hydrogen) atoms. The topological polar surface area (TPSA) is 79.4 Å². The van der Waals surface area contributed by atoms with Crippen LogP contribution >= 0.6 is 0 Å². The summed E-state index contributed by atoms with van der Waals surface area (Å²) in [4.78, 5) is 16.9. The minimum absolute atomic E-state index is 0.151. The summed E-state index contributed by atoms with van der Waals surface area (Å²) in [5.41, 5.74) is 1.81. The predicted molar refractivity (Wildman–Crippen MR) is 124 cm³/mol. The van der Waals surface area contributed by atoms with Crippen LogP contribution in [0.5, 0.6) is 11.5 Å². The van der Waals surface area contributed by atoms with E-state index in [9.17, 15) is 13.2 Å². The molecule has 0 bridgehead atoms. The van der Waals surface area contributed by atoms with Crippen LogP contribution < -0.4 is 14.4 Å². The summed E-state index contributed by atoms with van der Waals surface area (Å²) < 4.78 is 37.7. The highest BCUT2D eigenvalue weighted by molar-refractivity contribution is 7.89. The van der Waals surface area contributed by atoms with E-state index >= 15 is 0 Å². The Hall–Kier alpha value is -2.78. The molecule has 0 radical (unpaired) electrons. The van der Waals surface area contributed by atoms with Crippen LogP contribution in [-0.2, 0) is 14.8 Å². The fourth-order valence-corrected chi connectivity index (χ4v) is 4.87. The van der Waals surface area contributed by atoms with Gasteiger partial charge in [-0.3, -0.25) is 4.79 Å². The minimum Gasteiger partial charge on any atom is -0.497 e. The molecule has 8 nitrogen and oxygen atoms in total. The van der Waals surface area contributed by atoms with E-state index in [2.05, 4.69) is 4.90 Å². The number of hydrogen-bond donors (Lipinski definition) is 0. The first-order valence-corrected chi connectivity index (χ1v) is 12.1. The molecule has 174 valence electrons. The number of methoxy groups -OCH3 is 1. The first kappa shape index (κ1) is 23.9. The van der Waals surface area contributed by atoms with Gasteiger partial charge in [-0.25, -0.2) is 8.42 Å². The zero-order chi connectivity index (χ0) is 23.3. The predicted octanol–water partition coefficient (Wildman–Crippen LogP) is 2.37. The van der Waals surface area contributed by atoms with Crippen molar-refractivity contribution in [2.75, 3.05) is 58.4 Å². The SMILES string of the molecule is CCOc1ccc(S(=O)(=O)N(C)CC(=O)N2CCN(c3ccc(OC)cc3)CC2)cc1C. The molecule has 0 aliphatic carbocycles. The Morgan fingerprint density at radius 1 is 1.06 bits per heavy atom. The number of benzene rings is 2. The number of piperazine rings is 1. The monoisotopic (exact) mass is 461 g/mol. The van der Waals surface area contributed by atoms with Crippen molar-refractivity contribution in [1.82, 2.24) is 9.21 Å². The van der Waals surface area contributed by atoms with Gasteiger partial charge in [0, 0.05) is 38.9 Å². The summed E-state index contributed by atoms with van der Waals surface area (Å²) in [6, 6.07) is 12.6. The first-order chi connectivity index (χ1) is 15.3. The smallest absolute Gasteiger partial charge is 0.243 e. The second kappa shape index (κ2) is 10.2. The maximum Gasteiger partial charge on any atom is 0.243 e. The number of carbonyl (C=O) groups excluding carboxylic acids is 1. The number of amides is 1. The van der Waals surface area contributed by atoms with Gasteiger partial charge in [0.1, 0.15) is 11.5 Å². The highest BCUT2D eigenvalue weighted by Crippen LogP contribution is 2.24. The van der Waals surface area contributed by atoms with Crippen molar-refractivity contribution in [2.24, 2.45) is 0 Å². The lowest BCUT2D eigenvalue weighted by Gasteiger charge is -2.36. The lowest BCUT2D eigenvalue weighted by atomic mass is 10.2. The molecule has 9 heteroatoms. The van der Waals surface area contributed by atoms with E-state index < -0.39 is 10.0 Å². The maximum absolute atomic E-state index is 13.0. The van der Waals surface area contributed by atoms with E-state index in [4.69, 9.17) is 9.47 Å². The molecule has 0 saturated carbocycles. The quantitative estimate of drug-likeness (QED) is 0.601. The van der Waals surface area contributed by atoms with Crippen molar-refractivity contribution in [1.29, 1.82) is 0 Å². The van der Waals surface area contributed by atoms with Crippen molar-refractivity contribution in [3.8, 4) is 11.5 Å². The summed E-state index contributed by atoms with van der Waals surface area (Å²) in [7, 11) is -0.710. The minimum atomic E-state index is -3.78. The third-order valence-electron chi connectivity index (χ3n) is 5.58. The molecule has 1 fully saturated rings. The van der Waals surface area contributed by atoms with Crippen molar-refractivity contribution in [3.05, 3.63) is 48.0 Å². The summed E-state index contributed by atoms with van der Waals surface area (Å²) >= 11 is 0. The van der Waals surface area contributed by atoms with E-state index in [-0.39, 0.29) is 17.3 Å². The van der Waals surface area contributed by atoms with Gasteiger partial charge in [-0.2, -0.15) is 4.31 Å². The number of anilines is 1. The van der Waals surface area contributed by atoms with E-state index in [0.717, 1.165) is 21.3 Å². The first-order valence-electron chi connectivity index (χ1n) is 10.6. The Bertz CT molecular complexity index is 1030. The highest BCUT2D eigenvalue weighted by Gasteiger charge is 2.27. The van der Waals surface area contributed by atoms with Crippen LogP contribution in [0.1, 0.15) is 12.5 Å². The number of carbonyl (C=O) groups is 1. The largest absolute Gasteiger partial charge is 0.497 e. The van der Waals surface area contributed by atoms with Crippen LogP contribution in [0.4, 0.5) is 5.69 Å². The third kappa shape index (κ3) is 5.34. The van der Waals surface area contributed by atoms with Gasteiger partial charge in [-0.1, -0.05) is 0 Å². The van der Waals surface area contributed by atoms with Gasteiger partial charge in [0.05, 0.1) is 25.2 Å². The molecule has 1 amide bonds. The molecule has 2 aromatic carbocycles. The number of likely N-dealkylation sites (N-methyl/N-ethyl adjacent to an activating group) is 1. The highest BCUT2D eigenvalue weighted by atomic mass is 32.2. The number of hydrogen-bond acceptors (Lipinski definition) is 6. The summed E-state index contributed by atoms with van der Waals surface area (Å²) in [6.45, 7) is 6.45. The number of ether oxygens (including phenoxy) is 2. The van der Waals surface area contributed by atoms with E-state index in [1.807, 2.05) is 31.2 Å². The fourth-order valence-electron chi connectivity index (χ4n) is 3.66. The van der Waals surface area contributed by atoms with Gasteiger partial charge in [0.2, 0.25) is 15.9 Å². The van der Waals surface area contributed by atoms with Crippen LogP contribution in [0.25, 0.3) is 0 Å². The Labute approximate surface area is 190 Å².